The van der Waals surface area contributed by atoms with Crippen LogP contribution in [0.2, 0.25) is 0 Å². The van der Waals surface area contributed by atoms with Gasteiger partial charge in [0.2, 0.25) is 0 Å². The first-order valence-electron chi connectivity index (χ1n) is 3.10. The zero-order valence-corrected chi connectivity index (χ0v) is 8.15. The van der Waals surface area contributed by atoms with Crippen LogP contribution >= 0.6 is 24.2 Å². The SMILES string of the molecule is Cl.N#Cc1ccc(SC(=N)N)nc1. The van der Waals surface area contributed by atoms with Gasteiger partial charge in [0.05, 0.1) is 5.56 Å². The Morgan fingerprint density at radius 1 is 1.62 bits per heavy atom. The monoisotopic (exact) mass is 214 g/mol. The molecule has 4 nitrogen and oxygen atoms in total. The quantitative estimate of drug-likeness (QED) is 0.420. The maximum absolute atomic E-state index is 8.45. The Balaban J connectivity index is 0.00000144. The molecule has 68 valence electrons. The van der Waals surface area contributed by atoms with Gasteiger partial charge in [-0.15, -0.1) is 12.4 Å². The van der Waals surface area contributed by atoms with Gasteiger partial charge in [0.25, 0.3) is 0 Å². The van der Waals surface area contributed by atoms with E-state index in [4.69, 9.17) is 16.4 Å². The molecule has 3 N–H and O–H groups in total. The van der Waals surface area contributed by atoms with Crippen LogP contribution in [0, 0.1) is 16.7 Å². The number of nitrogens with zero attached hydrogens (tertiary/aromatic N) is 2. The Morgan fingerprint density at radius 3 is 2.69 bits per heavy atom. The fourth-order valence-electron chi connectivity index (χ4n) is 0.619. The summed E-state index contributed by atoms with van der Waals surface area (Å²) in [5.41, 5.74) is 5.64. The summed E-state index contributed by atoms with van der Waals surface area (Å²) < 4.78 is 0. The van der Waals surface area contributed by atoms with E-state index in [2.05, 4.69) is 4.98 Å². The Labute approximate surface area is 86.1 Å². The van der Waals surface area contributed by atoms with Crippen LogP contribution in [-0.2, 0) is 0 Å². The van der Waals surface area contributed by atoms with E-state index in [0.29, 0.717) is 10.6 Å². The molecule has 1 aromatic heterocycles. The van der Waals surface area contributed by atoms with Crippen LogP contribution in [0.4, 0.5) is 0 Å². The van der Waals surface area contributed by atoms with E-state index < -0.39 is 0 Å². The second-order valence-corrected chi connectivity index (χ2v) is 3.03. The third-order valence-electron chi connectivity index (χ3n) is 1.08. The lowest BCUT2D eigenvalue weighted by atomic mass is 10.3. The maximum Gasteiger partial charge on any atom is 0.157 e. The lowest BCUT2D eigenvalue weighted by Crippen LogP contribution is -2.03. The van der Waals surface area contributed by atoms with Gasteiger partial charge >= 0.3 is 0 Å². The molecule has 1 rings (SSSR count). The largest absolute Gasteiger partial charge is 0.378 e. The summed E-state index contributed by atoms with van der Waals surface area (Å²) in [6.07, 6.45) is 1.45. The van der Waals surface area contributed by atoms with Crippen molar-refractivity contribution in [2.75, 3.05) is 0 Å². The van der Waals surface area contributed by atoms with Crippen LogP contribution in [-0.4, -0.2) is 10.2 Å². The molecular weight excluding hydrogens is 208 g/mol. The third-order valence-corrected chi connectivity index (χ3v) is 1.75. The summed E-state index contributed by atoms with van der Waals surface area (Å²) in [6.45, 7) is 0. The molecule has 6 heteroatoms. The van der Waals surface area contributed by atoms with E-state index in [-0.39, 0.29) is 17.6 Å². The summed E-state index contributed by atoms with van der Waals surface area (Å²) in [5, 5.41) is 16.0. The minimum Gasteiger partial charge on any atom is -0.378 e. The van der Waals surface area contributed by atoms with E-state index in [1.54, 1.807) is 12.1 Å². The summed E-state index contributed by atoms with van der Waals surface area (Å²) in [4.78, 5) is 3.91. The molecule has 0 aliphatic carbocycles. The van der Waals surface area contributed by atoms with Crippen LogP contribution in [0.1, 0.15) is 5.56 Å². The molecule has 0 atom stereocenters. The smallest absolute Gasteiger partial charge is 0.157 e. The van der Waals surface area contributed by atoms with Gasteiger partial charge in [0.1, 0.15) is 11.1 Å². The first-order valence-corrected chi connectivity index (χ1v) is 3.92. The van der Waals surface area contributed by atoms with Crippen molar-refractivity contribution in [3.05, 3.63) is 23.9 Å². The molecule has 0 aliphatic heterocycles. The first kappa shape index (κ1) is 11.8. The fraction of sp³-hybridized carbons (Fsp3) is 0. The van der Waals surface area contributed by atoms with Gasteiger partial charge in [-0.2, -0.15) is 5.26 Å². The highest BCUT2D eigenvalue weighted by Crippen LogP contribution is 2.13. The van der Waals surface area contributed by atoms with Gasteiger partial charge in [-0.05, 0) is 23.9 Å². The molecule has 0 aliphatic rings. The van der Waals surface area contributed by atoms with Gasteiger partial charge in [-0.3, -0.25) is 5.41 Å². The number of hydrogen-bond acceptors (Lipinski definition) is 4. The van der Waals surface area contributed by atoms with Gasteiger partial charge in [-0.25, -0.2) is 4.98 Å². The summed E-state index contributed by atoms with van der Waals surface area (Å²) in [5.74, 6) is 0. The second-order valence-electron chi connectivity index (χ2n) is 1.96. The molecule has 0 fully saturated rings. The molecule has 13 heavy (non-hydrogen) atoms. The lowest BCUT2D eigenvalue weighted by Gasteiger charge is -1.95. The highest BCUT2D eigenvalue weighted by atomic mass is 35.5. The number of rotatable bonds is 1. The molecule has 0 saturated heterocycles. The second kappa shape index (κ2) is 5.41. The first-order chi connectivity index (χ1) is 5.72. The molecule has 1 aromatic rings. The number of amidine groups is 1. The third kappa shape index (κ3) is 3.78. The van der Waals surface area contributed by atoms with Gasteiger partial charge in [0, 0.05) is 6.20 Å². The highest BCUT2D eigenvalue weighted by Gasteiger charge is 1.97. The van der Waals surface area contributed by atoms with Crippen LogP contribution in [0.25, 0.3) is 0 Å². The predicted molar refractivity (Wildman–Crippen MR) is 54.0 cm³/mol. The van der Waals surface area contributed by atoms with Crippen molar-refractivity contribution in [2.45, 2.75) is 5.03 Å². The van der Waals surface area contributed by atoms with Gasteiger partial charge < -0.3 is 5.73 Å². The molecule has 0 amide bonds. The number of nitrogens with two attached hydrogens (primary N) is 1. The van der Waals surface area contributed by atoms with E-state index in [1.165, 1.54) is 6.20 Å². The van der Waals surface area contributed by atoms with Crippen LogP contribution < -0.4 is 5.73 Å². The number of aromatic nitrogens is 1. The van der Waals surface area contributed by atoms with E-state index in [1.807, 2.05) is 6.07 Å². The van der Waals surface area contributed by atoms with Crippen molar-refractivity contribution >= 4 is 29.3 Å². The lowest BCUT2D eigenvalue weighted by molar-refractivity contribution is 1.13. The normalized spacial score (nSPS) is 8.23. The Hall–Kier alpha value is -1.25. The maximum atomic E-state index is 8.45. The summed E-state index contributed by atoms with van der Waals surface area (Å²) in [6, 6.07) is 5.25. The molecular formula is C7H7ClN4S. The van der Waals surface area contributed by atoms with Crippen LogP contribution in [0.3, 0.4) is 0 Å². The summed E-state index contributed by atoms with van der Waals surface area (Å²) >= 11 is 1.06. The minimum absolute atomic E-state index is 0. The number of pyridine rings is 1. The van der Waals surface area contributed by atoms with Crippen molar-refractivity contribution in [3.63, 3.8) is 0 Å². The predicted octanol–water partition coefficient (Wildman–Crippen LogP) is 1.36. The topological polar surface area (TPSA) is 86.5 Å². The summed E-state index contributed by atoms with van der Waals surface area (Å²) in [7, 11) is 0. The average molecular weight is 215 g/mol. The van der Waals surface area contributed by atoms with E-state index >= 15 is 0 Å². The molecule has 1 heterocycles. The zero-order chi connectivity index (χ0) is 8.97. The zero-order valence-electron chi connectivity index (χ0n) is 6.52. The number of nitriles is 1. The van der Waals surface area contributed by atoms with Crippen molar-refractivity contribution < 1.29 is 0 Å². The number of thioether (sulfide) groups is 1. The minimum atomic E-state index is -0.00722. The molecule has 0 spiro atoms. The Morgan fingerprint density at radius 2 is 2.31 bits per heavy atom. The number of nitrogens with one attached hydrogen (secondary N) is 1. The van der Waals surface area contributed by atoms with Gasteiger partial charge in [0.15, 0.2) is 5.17 Å². The van der Waals surface area contributed by atoms with Crippen molar-refractivity contribution in [1.82, 2.24) is 4.98 Å². The number of hydrogen-bond donors (Lipinski definition) is 2. The standard InChI is InChI=1S/C7H6N4S.ClH/c8-3-5-1-2-6(11-4-5)12-7(9)10;/h1-2,4H,(H3,9,10);1H. The van der Waals surface area contributed by atoms with Gasteiger partial charge in [-0.1, -0.05) is 0 Å². The molecule has 0 aromatic carbocycles. The van der Waals surface area contributed by atoms with Crippen molar-refractivity contribution in [3.8, 4) is 6.07 Å². The average Bonchev–Trinajstić information content (AvgIpc) is 2.05. The van der Waals surface area contributed by atoms with E-state index in [0.717, 1.165) is 11.8 Å². The molecule has 0 bridgehead atoms. The van der Waals surface area contributed by atoms with Crippen molar-refractivity contribution in [2.24, 2.45) is 5.73 Å². The van der Waals surface area contributed by atoms with Crippen LogP contribution in [0.15, 0.2) is 23.4 Å². The van der Waals surface area contributed by atoms with E-state index in [9.17, 15) is 0 Å². The fourth-order valence-corrected chi connectivity index (χ4v) is 1.09. The molecule has 0 unspecified atom stereocenters. The number of halogens is 1. The molecule has 0 saturated carbocycles. The van der Waals surface area contributed by atoms with Crippen LogP contribution in [0.5, 0.6) is 0 Å². The van der Waals surface area contributed by atoms with Crippen molar-refractivity contribution in [1.29, 1.82) is 10.7 Å². The Bertz CT molecular complexity index is 329. The molecule has 0 radical (unpaired) electrons. The Kier molecular flexibility index (Phi) is 4.89. The highest BCUT2D eigenvalue weighted by molar-refractivity contribution is 8.13.